The number of carbonyl (C=O) groups excluding carboxylic acids is 1. The Morgan fingerprint density at radius 2 is 2.05 bits per heavy atom. The highest BCUT2D eigenvalue weighted by Crippen LogP contribution is 2.18. The minimum absolute atomic E-state index is 0.0656. The van der Waals surface area contributed by atoms with Crippen LogP contribution >= 0.6 is 0 Å². The van der Waals surface area contributed by atoms with E-state index in [0.29, 0.717) is 11.6 Å². The Morgan fingerprint density at radius 3 is 2.68 bits per heavy atom. The first-order chi connectivity index (χ1) is 8.99. The highest BCUT2D eigenvalue weighted by atomic mass is 16.2. The normalized spacial score (nSPS) is 14.4. The fourth-order valence-electron chi connectivity index (χ4n) is 1.82. The van der Waals surface area contributed by atoms with Crippen LogP contribution in [0.1, 0.15) is 18.4 Å². The maximum absolute atomic E-state index is 11.8. The molecule has 1 heterocycles. The molecule has 0 saturated heterocycles. The maximum Gasteiger partial charge on any atom is 0.330 e. The zero-order valence-electron chi connectivity index (χ0n) is 11.1. The van der Waals surface area contributed by atoms with Crippen LogP contribution in [0.3, 0.4) is 0 Å². The Hall–Kier alpha value is -1.89. The number of aryl methyl sites for hydroxylation is 1. The topological polar surface area (TPSA) is 85.1 Å². The zero-order chi connectivity index (χ0) is 14.0. The summed E-state index contributed by atoms with van der Waals surface area (Å²) >= 11 is 0. The second-order valence-corrected chi connectivity index (χ2v) is 4.86. The summed E-state index contributed by atoms with van der Waals surface area (Å²) in [6.45, 7) is 0.432. The molecule has 1 aliphatic carbocycles. The van der Waals surface area contributed by atoms with E-state index < -0.39 is 0 Å². The van der Waals surface area contributed by atoms with E-state index in [1.165, 1.54) is 17.8 Å². The minimum atomic E-state index is -0.361. The lowest BCUT2D eigenvalue weighted by Gasteiger charge is -2.08. The third-order valence-electron chi connectivity index (χ3n) is 3.06. The number of amides is 1. The molecule has 0 aliphatic heterocycles. The monoisotopic (exact) mass is 266 g/mol. The first kappa shape index (κ1) is 13.5. The lowest BCUT2D eigenvalue weighted by atomic mass is 10.3. The average Bonchev–Trinajstić information content (AvgIpc) is 3.16. The molecule has 1 aromatic rings. The van der Waals surface area contributed by atoms with Gasteiger partial charge in [0.05, 0.1) is 6.54 Å². The zero-order valence-corrected chi connectivity index (χ0v) is 11.1. The molecule has 1 fully saturated rings. The van der Waals surface area contributed by atoms with Crippen molar-refractivity contribution in [3.8, 4) is 0 Å². The van der Waals surface area contributed by atoms with E-state index in [9.17, 15) is 14.4 Å². The van der Waals surface area contributed by atoms with Crippen LogP contribution in [0.5, 0.6) is 0 Å². The van der Waals surface area contributed by atoms with Gasteiger partial charge in [0.1, 0.15) is 0 Å². The molecule has 0 unspecified atom stereocenters. The van der Waals surface area contributed by atoms with Gasteiger partial charge in [-0.05, 0) is 12.8 Å². The molecule has 2 N–H and O–H groups in total. The predicted molar refractivity (Wildman–Crippen MR) is 69.8 cm³/mol. The summed E-state index contributed by atoms with van der Waals surface area (Å²) in [5.74, 6) is -0.0656. The first-order valence-corrected chi connectivity index (χ1v) is 6.24. The summed E-state index contributed by atoms with van der Waals surface area (Å²) in [7, 11) is 3.03. The lowest BCUT2D eigenvalue weighted by molar-refractivity contribution is -0.120. The molecular weight excluding hydrogens is 248 g/mol. The molecule has 0 spiro atoms. The second kappa shape index (κ2) is 5.40. The number of nitrogens with zero attached hydrogens (tertiary/aromatic N) is 2. The van der Waals surface area contributed by atoms with Crippen LogP contribution in [0.25, 0.3) is 0 Å². The van der Waals surface area contributed by atoms with Gasteiger partial charge in [-0.3, -0.25) is 14.2 Å². The summed E-state index contributed by atoms with van der Waals surface area (Å²) in [6, 6.07) is 0.333. The van der Waals surface area contributed by atoms with Gasteiger partial charge < -0.3 is 15.2 Å². The molecule has 7 nitrogen and oxygen atoms in total. The maximum atomic E-state index is 11.8. The van der Waals surface area contributed by atoms with Crippen molar-refractivity contribution in [2.75, 3.05) is 6.54 Å². The SMILES string of the molecule is Cn1cc(CNCC(=O)NC2CC2)c(=O)n(C)c1=O. The summed E-state index contributed by atoms with van der Waals surface area (Å²) in [5, 5.41) is 5.76. The summed E-state index contributed by atoms with van der Waals surface area (Å²) < 4.78 is 2.41. The molecular formula is C12H18N4O3. The Morgan fingerprint density at radius 1 is 1.37 bits per heavy atom. The molecule has 1 amide bonds. The number of nitrogens with one attached hydrogen (secondary N) is 2. The van der Waals surface area contributed by atoms with Gasteiger partial charge in [-0.15, -0.1) is 0 Å². The predicted octanol–water partition coefficient (Wildman–Crippen LogP) is -1.55. The molecule has 1 saturated carbocycles. The van der Waals surface area contributed by atoms with E-state index in [4.69, 9.17) is 0 Å². The van der Waals surface area contributed by atoms with Crippen molar-refractivity contribution >= 4 is 5.91 Å². The van der Waals surface area contributed by atoms with E-state index in [-0.39, 0.29) is 30.2 Å². The third kappa shape index (κ3) is 3.31. The van der Waals surface area contributed by atoms with Gasteiger partial charge in [0.15, 0.2) is 0 Å². The Balaban J connectivity index is 1.94. The van der Waals surface area contributed by atoms with Gasteiger partial charge in [0, 0.05) is 38.4 Å². The highest BCUT2D eigenvalue weighted by molar-refractivity contribution is 5.78. The van der Waals surface area contributed by atoms with Gasteiger partial charge in [-0.2, -0.15) is 0 Å². The third-order valence-corrected chi connectivity index (χ3v) is 3.06. The van der Waals surface area contributed by atoms with Gasteiger partial charge in [0.2, 0.25) is 5.91 Å². The van der Waals surface area contributed by atoms with E-state index in [2.05, 4.69) is 10.6 Å². The van der Waals surface area contributed by atoms with Crippen molar-refractivity contribution in [2.24, 2.45) is 14.1 Å². The van der Waals surface area contributed by atoms with Crippen molar-refractivity contribution < 1.29 is 4.79 Å². The molecule has 0 radical (unpaired) electrons. The largest absolute Gasteiger partial charge is 0.352 e. The molecule has 1 aliphatic rings. The van der Waals surface area contributed by atoms with Crippen LogP contribution in [-0.4, -0.2) is 27.6 Å². The van der Waals surface area contributed by atoms with Crippen LogP contribution < -0.4 is 21.9 Å². The van der Waals surface area contributed by atoms with E-state index in [0.717, 1.165) is 17.4 Å². The van der Waals surface area contributed by atoms with Crippen LogP contribution in [-0.2, 0) is 25.4 Å². The quantitative estimate of drug-likeness (QED) is 0.676. The van der Waals surface area contributed by atoms with E-state index >= 15 is 0 Å². The van der Waals surface area contributed by atoms with Crippen molar-refractivity contribution in [3.63, 3.8) is 0 Å². The molecule has 0 atom stereocenters. The van der Waals surface area contributed by atoms with Crippen molar-refractivity contribution in [1.82, 2.24) is 19.8 Å². The first-order valence-electron chi connectivity index (χ1n) is 6.24. The summed E-state index contributed by atoms with van der Waals surface area (Å²) in [6.07, 6.45) is 3.59. The van der Waals surface area contributed by atoms with Gasteiger partial charge in [0.25, 0.3) is 5.56 Å². The van der Waals surface area contributed by atoms with Crippen molar-refractivity contribution in [2.45, 2.75) is 25.4 Å². The summed E-state index contributed by atoms with van der Waals surface area (Å²) in [5.41, 5.74) is -0.234. The number of rotatable bonds is 5. The highest BCUT2D eigenvalue weighted by Gasteiger charge is 2.22. The molecule has 0 aromatic carbocycles. The van der Waals surface area contributed by atoms with E-state index in [1.807, 2.05) is 0 Å². The van der Waals surface area contributed by atoms with Gasteiger partial charge >= 0.3 is 5.69 Å². The van der Waals surface area contributed by atoms with Crippen LogP contribution in [0.2, 0.25) is 0 Å². The number of carbonyl (C=O) groups is 1. The van der Waals surface area contributed by atoms with Crippen LogP contribution in [0.4, 0.5) is 0 Å². The fourth-order valence-corrected chi connectivity index (χ4v) is 1.82. The Bertz CT molecular complexity index is 598. The van der Waals surface area contributed by atoms with Crippen molar-refractivity contribution in [1.29, 1.82) is 0 Å². The van der Waals surface area contributed by atoms with Crippen LogP contribution in [0, 0.1) is 0 Å². The molecule has 0 bridgehead atoms. The smallest absolute Gasteiger partial charge is 0.330 e. The van der Waals surface area contributed by atoms with E-state index in [1.54, 1.807) is 7.05 Å². The van der Waals surface area contributed by atoms with Crippen molar-refractivity contribution in [3.05, 3.63) is 32.6 Å². The number of aromatic nitrogens is 2. The number of hydrogen-bond acceptors (Lipinski definition) is 4. The Labute approximate surface area is 110 Å². The average molecular weight is 266 g/mol. The fraction of sp³-hybridized carbons (Fsp3) is 0.583. The van der Waals surface area contributed by atoms with Gasteiger partial charge in [-0.1, -0.05) is 0 Å². The molecule has 1 aromatic heterocycles. The lowest BCUT2D eigenvalue weighted by Crippen LogP contribution is -2.40. The molecule has 19 heavy (non-hydrogen) atoms. The van der Waals surface area contributed by atoms with Crippen LogP contribution in [0.15, 0.2) is 15.8 Å². The molecule has 2 rings (SSSR count). The summed E-state index contributed by atoms with van der Waals surface area (Å²) in [4.78, 5) is 34.8. The Kier molecular flexibility index (Phi) is 3.84. The molecule has 7 heteroatoms. The molecule has 104 valence electrons. The second-order valence-electron chi connectivity index (χ2n) is 4.86. The minimum Gasteiger partial charge on any atom is -0.352 e. The number of hydrogen-bond donors (Lipinski definition) is 2. The van der Waals surface area contributed by atoms with Gasteiger partial charge in [-0.25, -0.2) is 4.79 Å². The standard InChI is InChI=1S/C12H18N4O3/c1-15-7-8(11(18)16(2)12(15)19)5-13-6-10(17)14-9-3-4-9/h7,9,13H,3-6H2,1-2H3,(H,14,17).